The van der Waals surface area contributed by atoms with E-state index in [9.17, 15) is 14.7 Å². The van der Waals surface area contributed by atoms with Gasteiger partial charge in [0.1, 0.15) is 0 Å². The van der Waals surface area contributed by atoms with Gasteiger partial charge < -0.3 is 20.1 Å². The summed E-state index contributed by atoms with van der Waals surface area (Å²) in [6.07, 6.45) is 1.51. The first-order valence-electron chi connectivity index (χ1n) is 7.92. The number of piperidine rings is 1. The van der Waals surface area contributed by atoms with Gasteiger partial charge in [0.2, 0.25) is 0 Å². The van der Waals surface area contributed by atoms with Gasteiger partial charge in [0.25, 0.3) is 0 Å². The van der Waals surface area contributed by atoms with Crippen LogP contribution in [0.4, 0.5) is 4.79 Å². The number of carbonyl (C=O) groups is 2. The molecule has 1 atom stereocenters. The molecule has 1 saturated heterocycles. The molecule has 0 unspecified atom stereocenters. The van der Waals surface area contributed by atoms with Crippen molar-refractivity contribution >= 4 is 12.0 Å². The Kier molecular flexibility index (Phi) is 5.60. The summed E-state index contributed by atoms with van der Waals surface area (Å²) in [4.78, 5) is 25.4. The Morgan fingerprint density at radius 1 is 1.35 bits per heavy atom. The van der Waals surface area contributed by atoms with E-state index in [0.717, 1.165) is 12.0 Å². The van der Waals surface area contributed by atoms with Gasteiger partial charge in [-0.2, -0.15) is 0 Å². The zero-order valence-electron chi connectivity index (χ0n) is 13.7. The molecule has 1 aliphatic heterocycles. The van der Waals surface area contributed by atoms with E-state index >= 15 is 0 Å². The van der Waals surface area contributed by atoms with Crippen LogP contribution in [0.15, 0.2) is 24.3 Å². The average Bonchev–Trinajstić information content (AvgIpc) is 2.52. The number of ether oxygens (including phenoxy) is 1. The smallest absolute Gasteiger partial charge is 0.338 e. The Hall–Kier alpha value is -2.08. The van der Waals surface area contributed by atoms with Crippen LogP contribution in [0.5, 0.6) is 0 Å². The number of likely N-dealkylation sites (tertiary alicyclic amines) is 1. The van der Waals surface area contributed by atoms with Gasteiger partial charge in [0.15, 0.2) is 0 Å². The van der Waals surface area contributed by atoms with Crippen LogP contribution in [0.2, 0.25) is 0 Å². The fourth-order valence-corrected chi connectivity index (χ4v) is 2.66. The van der Waals surface area contributed by atoms with Gasteiger partial charge in [0, 0.05) is 13.1 Å². The number of hydrogen-bond acceptors (Lipinski definition) is 4. The number of urea groups is 1. The number of amides is 2. The molecular weight excluding hydrogens is 296 g/mol. The van der Waals surface area contributed by atoms with Crippen LogP contribution >= 0.6 is 0 Å². The molecule has 2 N–H and O–H groups in total. The predicted molar refractivity (Wildman–Crippen MR) is 86.1 cm³/mol. The highest BCUT2D eigenvalue weighted by Gasteiger charge is 2.30. The largest absolute Gasteiger partial charge is 0.462 e. The highest BCUT2D eigenvalue weighted by Crippen LogP contribution is 2.20. The Bertz CT molecular complexity index is 554. The van der Waals surface area contributed by atoms with Crippen LogP contribution in [-0.4, -0.2) is 47.3 Å². The maximum absolute atomic E-state index is 12.1. The number of carbonyl (C=O) groups excluding carboxylic acids is 2. The van der Waals surface area contributed by atoms with Crippen molar-refractivity contribution < 1.29 is 19.4 Å². The lowest BCUT2D eigenvalue weighted by Gasteiger charge is -2.36. The third-order valence-corrected chi connectivity index (χ3v) is 3.87. The van der Waals surface area contributed by atoms with Gasteiger partial charge in [-0.3, -0.25) is 0 Å². The summed E-state index contributed by atoms with van der Waals surface area (Å²) in [5, 5.41) is 12.9. The molecule has 2 rings (SSSR count). The van der Waals surface area contributed by atoms with Gasteiger partial charge in [-0.15, -0.1) is 0 Å². The lowest BCUT2D eigenvalue weighted by atomic mass is 9.95. The lowest BCUT2D eigenvalue weighted by Crippen LogP contribution is -2.51. The van der Waals surface area contributed by atoms with E-state index < -0.39 is 5.60 Å². The summed E-state index contributed by atoms with van der Waals surface area (Å²) in [7, 11) is 0. The maximum atomic E-state index is 12.1. The van der Waals surface area contributed by atoms with Crippen molar-refractivity contribution in [2.24, 2.45) is 0 Å². The Morgan fingerprint density at radius 3 is 2.65 bits per heavy atom. The quantitative estimate of drug-likeness (QED) is 0.831. The van der Waals surface area contributed by atoms with Crippen molar-refractivity contribution in [1.82, 2.24) is 10.2 Å². The molecule has 0 spiro atoms. The van der Waals surface area contributed by atoms with Crippen molar-refractivity contribution in [3.63, 3.8) is 0 Å². The number of nitrogens with one attached hydrogen (secondary N) is 1. The van der Waals surface area contributed by atoms with Gasteiger partial charge >= 0.3 is 12.0 Å². The summed E-state index contributed by atoms with van der Waals surface area (Å²) in [6, 6.07) is 6.77. The highest BCUT2D eigenvalue weighted by atomic mass is 16.5. The molecule has 1 aromatic carbocycles. The maximum Gasteiger partial charge on any atom is 0.338 e. The second-order valence-corrected chi connectivity index (χ2v) is 6.10. The van der Waals surface area contributed by atoms with E-state index in [0.29, 0.717) is 38.2 Å². The molecule has 0 aromatic heterocycles. The van der Waals surface area contributed by atoms with E-state index in [1.165, 1.54) is 0 Å². The van der Waals surface area contributed by atoms with Crippen molar-refractivity contribution in [1.29, 1.82) is 0 Å². The van der Waals surface area contributed by atoms with Crippen LogP contribution in [0.25, 0.3) is 0 Å². The molecule has 126 valence electrons. The Balaban J connectivity index is 1.85. The second-order valence-electron chi connectivity index (χ2n) is 6.10. The van der Waals surface area contributed by atoms with Gasteiger partial charge in [0.05, 0.1) is 24.3 Å². The van der Waals surface area contributed by atoms with Crippen LogP contribution in [-0.2, 0) is 11.3 Å². The van der Waals surface area contributed by atoms with Crippen molar-refractivity contribution in [2.45, 2.75) is 38.8 Å². The minimum Gasteiger partial charge on any atom is -0.462 e. The molecule has 2 amide bonds. The molecule has 1 aromatic rings. The number of hydrogen-bond donors (Lipinski definition) is 2. The first kappa shape index (κ1) is 17.3. The molecule has 0 radical (unpaired) electrons. The molecule has 0 bridgehead atoms. The molecule has 1 heterocycles. The summed E-state index contributed by atoms with van der Waals surface area (Å²) >= 11 is 0. The van der Waals surface area contributed by atoms with E-state index in [4.69, 9.17) is 4.74 Å². The van der Waals surface area contributed by atoms with Crippen molar-refractivity contribution in [3.8, 4) is 0 Å². The second kappa shape index (κ2) is 7.46. The Labute approximate surface area is 136 Å². The summed E-state index contributed by atoms with van der Waals surface area (Å²) in [5.41, 5.74) is 0.584. The van der Waals surface area contributed by atoms with E-state index in [2.05, 4.69) is 5.32 Å². The normalized spacial score (nSPS) is 20.9. The third kappa shape index (κ3) is 4.96. The highest BCUT2D eigenvalue weighted by molar-refractivity contribution is 5.89. The van der Waals surface area contributed by atoms with Crippen LogP contribution in [0.1, 0.15) is 42.6 Å². The first-order chi connectivity index (χ1) is 10.9. The monoisotopic (exact) mass is 320 g/mol. The van der Waals surface area contributed by atoms with E-state index in [1.807, 2.05) is 0 Å². The SMILES string of the molecule is CCOC(=O)c1ccc(CNC(=O)N2CCC[C@](C)(O)C2)cc1. The van der Waals surface area contributed by atoms with Gasteiger partial charge in [-0.05, 0) is 44.4 Å². The van der Waals surface area contributed by atoms with Crippen LogP contribution < -0.4 is 5.32 Å². The van der Waals surface area contributed by atoms with Crippen molar-refractivity contribution in [3.05, 3.63) is 35.4 Å². The first-order valence-corrected chi connectivity index (χ1v) is 7.92. The van der Waals surface area contributed by atoms with Crippen LogP contribution in [0.3, 0.4) is 0 Å². The molecule has 6 nitrogen and oxygen atoms in total. The lowest BCUT2D eigenvalue weighted by molar-refractivity contribution is -0.00253. The van der Waals surface area contributed by atoms with E-state index in [1.54, 1.807) is 43.0 Å². The van der Waals surface area contributed by atoms with E-state index in [-0.39, 0.29) is 12.0 Å². The molecule has 1 fully saturated rings. The summed E-state index contributed by atoms with van der Waals surface area (Å²) < 4.78 is 4.93. The molecule has 0 saturated carbocycles. The fraction of sp³-hybridized carbons (Fsp3) is 0.529. The molecule has 0 aliphatic carbocycles. The number of β-amino-alcohol motifs (C(OH)–C–C–N with tert-alkyl or cyclic N) is 1. The minimum absolute atomic E-state index is 0.181. The number of esters is 1. The summed E-state index contributed by atoms with van der Waals surface area (Å²) in [6.45, 7) is 5.24. The minimum atomic E-state index is -0.809. The number of rotatable bonds is 4. The van der Waals surface area contributed by atoms with Gasteiger partial charge in [-0.1, -0.05) is 12.1 Å². The number of benzene rings is 1. The zero-order chi connectivity index (χ0) is 16.9. The average molecular weight is 320 g/mol. The molecule has 23 heavy (non-hydrogen) atoms. The molecule has 6 heteroatoms. The molecule has 1 aliphatic rings. The fourth-order valence-electron chi connectivity index (χ4n) is 2.66. The predicted octanol–water partition coefficient (Wildman–Crippen LogP) is 1.92. The van der Waals surface area contributed by atoms with Crippen molar-refractivity contribution in [2.75, 3.05) is 19.7 Å². The zero-order valence-corrected chi connectivity index (χ0v) is 13.7. The standard InChI is InChI=1S/C17H24N2O4/c1-3-23-15(20)14-7-5-13(6-8-14)11-18-16(21)19-10-4-9-17(2,22)12-19/h5-8,22H,3-4,9-12H2,1-2H3,(H,18,21)/t17-/m0/s1. The number of nitrogens with zero attached hydrogens (tertiary/aromatic N) is 1. The number of aliphatic hydroxyl groups is 1. The third-order valence-electron chi connectivity index (χ3n) is 3.87. The Morgan fingerprint density at radius 2 is 2.04 bits per heavy atom. The summed E-state index contributed by atoms with van der Waals surface area (Å²) in [5.74, 6) is -0.348. The topological polar surface area (TPSA) is 78.9 Å². The van der Waals surface area contributed by atoms with Crippen LogP contribution in [0, 0.1) is 0 Å². The molecular formula is C17H24N2O4. The van der Waals surface area contributed by atoms with Gasteiger partial charge in [-0.25, -0.2) is 9.59 Å².